The molecule has 0 saturated carbocycles. The molecule has 5 nitrogen and oxygen atoms in total. The molecule has 5 heteroatoms. The molecule has 1 heterocycles. The average Bonchev–Trinajstić information content (AvgIpc) is 2.90. The first kappa shape index (κ1) is 14.3. The molecule has 0 aliphatic carbocycles. The van der Waals surface area contributed by atoms with Crippen LogP contribution in [0.15, 0.2) is 53.5 Å². The molecule has 1 aliphatic rings. The zero-order valence-electron chi connectivity index (χ0n) is 12.5. The fourth-order valence-electron chi connectivity index (χ4n) is 2.18. The second kappa shape index (κ2) is 5.60. The van der Waals surface area contributed by atoms with Crippen molar-refractivity contribution in [3.8, 4) is 5.75 Å². The van der Waals surface area contributed by atoms with Gasteiger partial charge < -0.3 is 20.9 Å². The minimum Gasteiger partial charge on any atom is -0.491 e. The third kappa shape index (κ3) is 3.14. The number of nitrogens with zero attached hydrogens (tertiary/aromatic N) is 1. The van der Waals surface area contributed by atoms with Crippen LogP contribution in [0.2, 0.25) is 0 Å². The normalized spacial score (nSPS) is 20.3. The highest BCUT2D eigenvalue weighted by molar-refractivity contribution is 5.95. The van der Waals surface area contributed by atoms with E-state index in [1.807, 2.05) is 55.5 Å². The zero-order chi connectivity index (χ0) is 15.6. The van der Waals surface area contributed by atoms with Crippen LogP contribution in [0.4, 0.5) is 11.4 Å². The maximum Gasteiger partial charge on any atom is 0.216 e. The van der Waals surface area contributed by atoms with Gasteiger partial charge in [0.2, 0.25) is 5.90 Å². The van der Waals surface area contributed by atoms with Crippen molar-refractivity contribution in [3.63, 3.8) is 0 Å². The molecule has 114 valence electrons. The first-order valence-corrected chi connectivity index (χ1v) is 7.11. The van der Waals surface area contributed by atoms with Crippen LogP contribution in [0, 0.1) is 0 Å². The molecule has 1 unspecified atom stereocenters. The van der Waals surface area contributed by atoms with E-state index in [1.165, 1.54) is 0 Å². The molecule has 2 aromatic carbocycles. The van der Waals surface area contributed by atoms with E-state index in [0.29, 0.717) is 24.8 Å². The Balaban J connectivity index is 1.68. The van der Waals surface area contributed by atoms with Gasteiger partial charge in [0.25, 0.3) is 0 Å². The number of nitrogen functional groups attached to an aromatic ring is 2. The maximum absolute atomic E-state index is 5.79. The summed E-state index contributed by atoms with van der Waals surface area (Å²) in [5.41, 5.74) is 13.3. The number of hydrogen-bond acceptors (Lipinski definition) is 5. The molecule has 4 N–H and O–H groups in total. The molecule has 2 aromatic rings. The Labute approximate surface area is 129 Å². The van der Waals surface area contributed by atoms with E-state index in [-0.39, 0.29) is 0 Å². The van der Waals surface area contributed by atoms with E-state index >= 15 is 0 Å². The van der Waals surface area contributed by atoms with Gasteiger partial charge in [0.05, 0.1) is 0 Å². The van der Waals surface area contributed by atoms with E-state index in [9.17, 15) is 0 Å². The number of nitrogens with two attached hydrogens (primary N) is 2. The quantitative estimate of drug-likeness (QED) is 0.849. The summed E-state index contributed by atoms with van der Waals surface area (Å²) in [6.45, 7) is 2.94. The lowest BCUT2D eigenvalue weighted by molar-refractivity contribution is 0.185. The van der Waals surface area contributed by atoms with Crippen LogP contribution in [-0.2, 0) is 4.74 Å². The molecule has 22 heavy (non-hydrogen) atoms. The van der Waals surface area contributed by atoms with Crippen LogP contribution in [0.5, 0.6) is 5.75 Å². The van der Waals surface area contributed by atoms with Gasteiger partial charge >= 0.3 is 0 Å². The monoisotopic (exact) mass is 297 g/mol. The van der Waals surface area contributed by atoms with Gasteiger partial charge in [0, 0.05) is 16.9 Å². The number of hydrogen-bond donors (Lipinski definition) is 2. The minimum absolute atomic E-state index is 0.405. The molecular weight excluding hydrogens is 278 g/mol. The highest BCUT2D eigenvalue weighted by atomic mass is 16.5. The highest BCUT2D eigenvalue weighted by Gasteiger charge is 2.33. The summed E-state index contributed by atoms with van der Waals surface area (Å²) in [7, 11) is 0. The number of aliphatic imine (C=N–C) groups is 1. The third-order valence-corrected chi connectivity index (χ3v) is 3.48. The van der Waals surface area contributed by atoms with Crippen LogP contribution in [0.3, 0.4) is 0 Å². The van der Waals surface area contributed by atoms with Crippen LogP contribution in [0.25, 0.3) is 0 Å². The van der Waals surface area contributed by atoms with Crippen molar-refractivity contribution in [1.29, 1.82) is 0 Å². The largest absolute Gasteiger partial charge is 0.491 e. The smallest absolute Gasteiger partial charge is 0.216 e. The summed E-state index contributed by atoms with van der Waals surface area (Å²) in [4.78, 5) is 4.66. The first-order chi connectivity index (χ1) is 10.5. The second-order valence-corrected chi connectivity index (χ2v) is 5.68. The summed E-state index contributed by atoms with van der Waals surface area (Å²) in [5.74, 6) is 1.40. The molecule has 0 aromatic heterocycles. The Morgan fingerprint density at radius 3 is 2.27 bits per heavy atom. The molecule has 0 fully saturated rings. The number of anilines is 2. The van der Waals surface area contributed by atoms with Crippen molar-refractivity contribution in [1.82, 2.24) is 0 Å². The van der Waals surface area contributed by atoms with Gasteiger partial charge in [-0.3, -0.25) is 0 Å². The van der Waals surface area contributed by atoms with Crippen molar-refractivity contribution in [2.75, 3.05) is 24.7 Å². The predicted octanol–water partition coefficient (Wildman–Crippen LogP) is 2.47. The van der Waals surface area contributed by atoms with E-state index in [1.54, 1.807) is 0 Å². The Kier molecular flexibility index (Phi) is 3.63. The number of rotatable bonds is 4. The predicted molar refractivity (Wildman–Crippen MR) is 88.1 cm³/mol. The van der Waals surface area contributed by atoms with Gasteiger partial charge in [0.1, 0.15) is 24.5 Å². The van der Waals surface area contributed by atoms with Crippen molar-refractivity contribution >= 4 is 17.3 Å². The molecule has 0 bridgehead atoms. The van der Waals surface area contributed by atoms with Gasteiger partial charge in [-0.1, -0.05) is 0 Å². The summed E-state index contributed by atoms with van der Waals surface area (Å²) in [6.07, 6.45) is 0. The Morgan fingerprint density at radius 1 is 1.05 bits per heavy atom. The maximum atomic E-state index is 5.79. The number of ether oxygens (including phenoxy) is 2. The fraction of sp³-hybridized carbons (Fsp3) is 0.235. The van der Waals surface area contributed by atoms with Gasteiger partial charge in [-0.05, 0) is 55.5 Å². The van der Waals surface area contributed by atoms with E-state index < -0.39 is 5.54 Å². The second-order valence-electron chi connectivity index (χ2n) is 5.68. The fourth-order valence-corrected chi connectivity index (χ4v) is 2.18. The molecule has 0 radical (unpaired) electrons. The Morgan fingerprint density at radius 2 is 1.64 bits per heavy atom. The third-order valence-electron chi connectivity index (χ3n) is 3.48. The molecule has 0 saturated heterocycles. The van der Waals surface area contributed by atoms with Gasteiger partial charge in [-0.2, -0.15) is 0 Å². The molecule has 1 atom stereocenters. The highest BCUT2D eigenvalue weighted by Crippen LogP contribution is 2.24. The van der Waals surface area contributed by atoms with Crippen LogP contribution < -0.4 is 16.2 Å². The zero-order valence-corrected chi connectivity index (χ0v) is 12.5. The van der Waals surface area contributed by atoms with E-state index in [4.69, 9.17) is 20.9 Å². The standard InChI is InChI=1S/C17H19N3O2/c1-17(10-21-15-8-6-14(19)7-9-15)11-22-16(20-17)12-2-4-13(18)5-3-12/h2-9H,10-11,18-19H2,1H3. The summed E-state index contributed by atoms with van der Waals surface area (Å²) >= 11 is 0. The first-order valence-electron chi connectivity index (χ1n) is 7.11. The molecule has 1 aliphatic heterocycles. The Hall–Kier alpha value is -2.69. The van der Waals surface area contributed by atoms with Gasteiger partial charge in [0.15, 0.2) is 0 Å². The van der Waals surface area contributed by atoms with Crippen molar-refractivity contribution in [2.24, 2.45) is 4.99 Å². The molecule has 0 amide bonds. The summed E-state index contributed by atoms with van der Waals surface area (Å²) < 4.78 is 11.5. The van der Waals surface area contributed by atoms with E-state index in [0.717, 1.165) is 17.0 Å². The van der Waals surface area contributed by atoms with Crippen LogP contribution >= 0.6 is 0 Å². The molecular formula is C17H19N3O2. The van der Waals surface area contributed by atoms with Crippen molar-refractivity contribution in [2.45, 2.75) is 12.5 Å². The Bertz CT molecular complexity index is 680. The van der Waals surface area contributed by atoms with Crippen LogP contribution in [0.1, 0.15) is 12.5 Å². The minimum atomic E-state index is -0.405. The lowest BCUT2D eigenvalue weighted by Gasteiger charge is -2.18. The average molecular weight is 297 g/mol. The van der Waals surface area contributed by atoms with Crippen LogP contribution in [-0.4, -0.2) is 24.7 Å². The summed E-state index contributed by atoms with van der Waals surface area (Å²) in [5, 5.41) is 0. The molecule has 3 rings (SSSR count). The molecule has 0 spiro atoms. The SMILES string of the molecule is CC1(COc2ccc(N)cc2)COC(c2ccc(N)cc2)=N1. The number of benzene rings is 2. The summed E-state index contributed by atoms with van der Waals surface area (Å²) in [6, 6.07) is 14.8. The van der Waals surface area contributed by atoms with Gasteiger partial charge in [-0.25, -0.2) is 4.99 Å². The van der Waals surface area contributed by atoms with E-state index in [2.05, 4.69) is 4.99 Å². The lowest BCUT2D eigenvalue weighted by Crippen LogP contribution is -2.31. The lowest BCUT2D eigenvalue weighted by atomic mass is 10.1. The van der Waals surface area contributed by atoms with Crippen molar-refractivity contribution in [3.05, 3.63) is 54.1 Å². The van der Waals surface area contributed by atoms with Gasteiger partial charge in [-0.15, -0.1) is 0 Å². The van der Waals surface area contributed by atoms with Crippen molar-refractivity contribution < 1.29 is 9.47 Å². The topological polar surface area (TPSA) is 82.9 Å².